The van der Waals surface area contributed by atoms with Crippen molar-refractivity contribution in [3.05, 3.63) is 35.4 Å². The Hall–Kier alpha value is -1.20. The molecule has 1 atom stereocenters. The zero-order valence-electron chi connectivity index (χ0n) is 7.61. The van der Waals surface area contributed by atoms with E-state index in [4.69, 9.17) is 10.8 Å². The Morgan fingerprint density at radius 3 is 2.27 bits per heavy atom. The summed E-state index contributed by atoms with van der Waals surface area (Å²) in [5.74, 6) is -2.84. The van der Waals surface area contributed by atoms with Crippen LogP contribution in [0.15, 0.2) is 18.2 Å². The van der Waals surface area contributed by atoms with Crippen LogP contribution in [0.5, 0.6) is 0 Å². The summed E-state index contributed by atoms with van der Waals surface area (Å²) in [6.45, 7) is 0. The highest BCUT2D eigenvalue weighted by Gasteiger charge is 2.17. The highest BCUT2D eigenvalue weighted by molar-refractivity contribution is 5.85. The molecule has 3 nitrogen and oxygen atoms in total. The standard InChI is InChI=1S/C9H9F2NO2.ClH/c10-6-2-1-3-7(11)5(6)4-8(12)9(13)14;/h1-3,8H,4,12H2,(H,13,14);1H/t8-;/m0./s1. The molecule has 0 bridgehead atoms. The smallest absolute Gasteiger partial charge is 0.320 e. The Morgan fingerprint density at radius 1 is 1.40 bits per heavy atom. The zero-order chi connectivity index (χ0) is 10.7. The third kappa shape index (κ3) is 3.45. The lowest BCUT2D eigenvalue weighted by atomic mass is 10.1. The predicted molar refractivity (Wildman–Crippen MR) is 52.9 cm³/mol. The van der Waals surface area contributed by atoms with Crippen LogP contribution in [0.4, 0.5) is 8.78 Å². The minimum Gasteiger partial charge on any atom is -0.480 e. The summed E-state index contributed by atoms with van der Waals surface area (Å²) in [5.41, 5.74) is 4.86. The fourth-order valence-corrected chi connectivity index (χ4v) is 1.03. The lowest BCUT2D eigenvalue weighted by Crippen LogP contribution is -2.32. The topological polar surface area (TPSA) is 63.3 Å². The molecular weight excluding hydrogens is 228 g/mol. The van der Waals surface area contributed by atoms with E-state index in [1.165, 1.54) is 6.07 Å². The number of hydrogen-bond donors (Lipinski definition) is 2. The fraction of sp³-hybridized carbons (Fsp3) is 0.222. The SMILES string of the molecule is Cl.N[C@@H](Cc1c(F)cccc1F)C(=O)O. The Labute approximate surface area is 91.3 Å². The van der Waals surface area contributed by atoms with Gasteiger partial charge >= 0.3 is 5.97 Å². The molecule has 3 N–H and O–H groups in total. The van der Waals surface area contributed by atoms with Gasteiger partial charge in [0.2, 0.25) is 0 Å². The molecule has 15 heavy (non-hydrogen) atoms. The molecule has 0 heterocycles. The fourth-order valence-electron chi connectivity index (χ4n) is 1.03. The summed E-state index contributed by atoms with van der Waals surface area (Å²) in [6.07, 6.45) is -0.353. The highest BCUT2D eigenvalue weighted by atomic mass is 35.5. The summed E-state index contributed by atoms with van der Waals surface area (Å²) in [7, 11) is 0. The second-order valence-corrected chi connectivity index (χ2v) is 2.85. The van der Waals surface area contributed by atoms with Crippen LogP contribution < -0.4 is 5.73 Å². The first-order valence-electron chi connectivity index (χ1n) is 3.93. The monoisotopic (exact) mass is 237 g/mol. The second kappa shape index (κ2) is 5.63. The first-order valence-corrected chi connectivity index (χ1v) is 3.93. The molecule has 0 amide bonds. The lowest BCUT2D eigenvalue weighted by Gasteiger charge is -2.07. The third-order valence-electron chi connectivity index (χ3n) is 1.80. The Morgan fingerprint density at radius 2 is 1.87 bits per heavy atom. The van der Waals surface area contributed by atoms with Crippen LogP contribution in [0.25, 0.3) is 0 Å². The second-order valence-electron chi connectivity index (χ2n) is 2.85. The van der Waals surface area contributed by atoms with E-state index in [0.717, 1.165) is 12.1 Å². The molecule has 0 saturated heterocycles. The van der Waals surface area contributed by atoms with E-state index >= 15 is 0 Å². The third-order valence-corrected chi connectivity index (χ3v) is 1.80. The quantitative estimate of drug-likeness (QED) is 0.834. The molecule has 0 spiro atoms. The van der Waals surface area contributed by atoms with E-state index in [-0.39, 0.29) is 24.4 Å². The Bertz CT molecular complexity index is 340. The van der Waals surface area contributed by atoms with Gasteiger partial charge in [-0.25, -0.2) is 8.78 Å². The molecule has 0 aliphatic rings. The van der Waals surface area contributed by atoms with Gasteiger partial charge in [0.05, 0.1) is 0 Å². The minimum absolute atomic E-state index is 0. The van der Waals surface area contributed by atoms with Gasteiger partial charge in [-0.1, -0.05) is 6.07 Å². The molecule has 0 fully saturated rings. The van der Waals surface area contributed by atoms with E-state index in [2.05, 4.69) is 0 Å². The lowest BCUT2D eigenvalue weighted by molar-refractivity contribution is -0.138. The molecule has 1 aromatic carbocycles. The van der Waals surface area contributed by atoms with Gasteiger partial charge in [0, 0.05) is 12.0 Å². The molecule has 0 saturated carbocycles. The number of carboxylic acid groups (broad SMARTS) is 1. The summed E-state index contributed by atoms with van der Waals surface area (Å²) in [6, 6.07) is 2.04. The van der Waals surface area contributed by atoms with Crippen LogP contribution in [0.1, 0.15) is 5.56 Å². The number of halogens is 3. The zero-order valence-corrected chi connectivity index (χ0v) is 8.43. The first-order chi connectivity index (χ1) is 6.52. The van der Waals surface area contributed by atoms with Crippen LogP contribution in [0.2, 0.25) is 0 Å². The summed E-state index contributed by atoms with van der Waals surface area (Å²) in [4.78, 5) is 10.4. The number of benzene rings is 1. The van der Waals surface area contributed by atoms with Gasteiger partial charge in [-0.3, -0.25) is 4.79 Å². The molecule has 1 rings (SSSR count). The van der Waals surface area contributed by atoms with E-state index in [1.54, 1.807) is 0 Å². The maximum atomic E-state index is 13.0. The van der Waals surface area contributed by atoms with E-state index in [1.807, 2.05) is 0 Å². The van der Waals surface area contributed by atoms with Crippen LogP contribution >= 0.6 is 12.4 Å². The summed E-state index contributed by atoms with van der Waals surface area (Å²) in [5, 5.41) is 8.46. The number of aliphatic carboxylic acids is 1. The van der Waals surface area contributed by atoms with Gasteiger partial charge in [0.25, 0.3) is 0 Å². The van der Waals surface area contributed by atoms with Crippen molar-refractivity contribution in [1.29, 1.82) is 0 Å². The highest BCUT2D eigenvalue weighted by Crippen LogP contribution is 2.13. The normalized spacial score (nSPS) is 11.7. The van der Waals surface area contributed by atoms with E-state index in [9.17, 15) is 13.6 Å². The minimum atomic E-state index is -1.29. The van der Waals surface area contributed by atoms with E-state index in [0.29, 0.717) is 0 Å². The molecule has 84 valence electrons. The Kier molecular flexibility index (Phi) is 5.18. The van der Waals surface area contributed by atoms with Gasteiger partial charge < -0.3 is 10.8 Å². The molecule has 6 heteroatoms. The molecule has 0 aromatic heterocycles. The molecule has 1 aromatic rings. The van der Waals surface area contributed by atoms with Gasteiger partial charge in [-0.2, -0.15) is 0 Å². The van der Waals surface area contributed by atoms with Crippen LogP contribution in [-0.2, 0) is 11.2 Å². The van der Waals surface area contributed by atoms with Crippen molar-refractivity contribution in [3.8, 4) is 0 Å². The van der Waals surface area contributed by atoms with Gasteiger partial charge in [0.15, 0.2) is 0 Å². The number of hydrogen-bond acceptors (Lipinski definition) is 2. The molecule has 0 radical (unpaired) electrons. The van der Waals surface area contributed by atoms with Crippen LogP contribution in [-0.4, -0.2) is 17.1 Å². The van der Waals surface area contributed by atoms with Crippen molar-refractivity contribution in [2.45, 2.75) is 12.5 Å². The Balaban J connectivity index is 0.00000196. The summed E-state index contributed by atoms with van der Waals surface area (Å²) < 4.78 is 26.0. The van der Waals surface area contributed by atoms with Crippen LogP contribution in [0.3, 0.4) is 0 Å². The van der Waals surface area contributed by atoms with Crippen molar-refractivity contribution >= 4 is 18.4 Å². The van der Waals surface area contributed by atoms with Crippen molar-refractivity contribution < 1.29 is 18.7 Å². The van der Waals surface area contributed by atoms with Crippen molar-refractivity contribution in [1.82, 2.24) is 0 Å². The number of carbonyl (C=O) groups is 1. The molecular formula is C9H10ClF2NO2. The molecule has 0 aliphatic heterocycles. The number of carboxylic acids is 1. The van der Waals surface area contributed by atoms with Crippen molar-refractivity contribution in [2.75, 3.05) is 0 Å². The molecule has 0 aliphatic carbocycles. The van der Waals surface area contributed by atoms with Gasteiger partial charge in [-0.05, 0) is 12.1 Å². The van der Waals surface area contributed by atoms with Crippen LogP contribution in [0, 0.1) is 11.6 Å². The van der Waals surface area contributed by atoms with Gasteiger partial charge in [0.1, 0.15) is 17.7 Å². The average molecular weight is 238 g/mol. The maximum absolute atomic E-state index is 13.0. The van der Waals surface area contributed by atoms with E-state index < -0.39 is 23.6 Å². The average Bonchev–Trinajstić information content (AvgIpc) is 2.11. The predicted octanol–water partition coefficient (Wildman–Crippen LogP) is 1.34. The number of nitrogens with two attached hydrogens (primary N) is 1. The number of rotatable bonds is 3. The largest absolute Gasteiger partial charge is 0.480 e. The summed E-state index contributed by atoms with van der Waals surface area (Å²) >= 11 is 0. The van der Waals surface area contributed by atoms with Crippen molar-refractivity contribution in [2.24, 2.45) is 5.73 Å². The maximum Gasteiger partial charge on any atom is 0.320 e. The first kappa shape index (κ1) is 13.8. The molecule has 0 unspecified atom stereocenters. The van der Waals surface area contributed by atoms with Crippen molar-refractivity contribution in [3.63, 3.8) is 0 Å². The van der Waals surface area contributed by atoms with Gasteiger partial charge in [-0.15, -0.1) is 12.4 Å².